The summed E-state index contributed by atoms with van der Waals surface area (Å²) >= 11 is 0. The van der Waals surface area contributed by atoms with Gasteiger partial charge < -0.3 is 10.1 Å². The van der Waals surface area contributed by atoms with Crippen LogP contribution in [0.25, 0.3) is 0 Å². The Bertz CT molecular complexity index is 698. The van der Waals surface area contributed by atoms with Crippen molar-refractivity contribution in [3.05, 3.63) is 29.8 Å². The van der Waals surface area contributed by atoms with E-state index in [1.54, 1.807) is 0 Å². The molecule has 7 heteroatoms. The van der Waals surface area contributed by atoms with Gasteiger partial charge in [-0.15, -0.1) is 0 Å². The first-order valence-corrected chi connectivity index (χ1v) is 9.85. The van der Waals surface area contributed by atoms with Crippen molar-refractivity contribution in [1.29, 1.82) is 0 Å². The maximum Gasteiger partial charge on any atom is 0.338 e. The summed E-state index contributed by atoms with van der Waals surface area (Å²) < 4.78 is 5.05. The van der Waals surface area contributed by atoms with Gasteiger partial charge in [0.25, 0.3) is 5.91 Å². The lowest BCUT2D eigenvalue weighted by Gasteiger charge is -2.15. The number of unbranched alkanes of at least 4 members (excludes halogenated alkanes) is 1. The molecule has 0 spiro atoms. The van der Waals surface area contributed by atoms with Crippen molar-refractivity contribution >= 4 is 29.4 Å². The highest BCUT2D eigenvalue weighted by molar-refractivity contribution is 6.19. The number of hydrogen-bond donors (Lipinski definition) is 1. The smallest absolute Gasteiger partial charge is 0.338 e. The van der Waals surface area contributed by atoms with E-state index in [1.807, 2.05) is 0 Å². The quantitative estimate of drug-likeness (QED) is 0.491. The Morgan fingerprint density at radius 1 is 1.11 bits per heavy atom. The number of carbonyl (C=O) groups excluding carboxylic acids is 4. The Morgan fingerprint density at radius 2 is 1.75 bits per heavy atom. The molecule has 0 aliphatic carbocycles. The minimum atomic E-state index is -0.626. The molecule has 152 valence electrons. The van der Waals surface area contributed by atoms with Gasteiger partial charge in [-0.1, -0.05) is 33.1 Å². The van der Waals surface area contributed by atoms with Crippen molar-refractivity contribution in [3.63, 3.8) is 0 Å². The number of ether oxygens (including phenoxy) is 1. The third-order valence-electron chi connectivity index (χ3n) is 4.88. The van der Waals surface area contributed by atoms with Gasteiger partial charge in [0, 0.05) is 19.4 Å². The van der Waals surface area contributed by atoms with E-state index in [0.717, 1.165) is 30.6 Å². The number of rotatable bonds is 10. The summed E-state index contributed by atoms with van der Waals surface area (Å²) in [5.74, 6) is -1.02. The molecule has 1 fully saturated rings. The second-order valence-corrected chi connectivity index (χ2v) is 6.97. The Hall–Kier alpha value is -2.70. The summed E-state index contributed by atoms with van der Waals surface area (Å²) in [5, 5.41) is 2.81. The number of nitrogens with one attached hydrogen (secondary N) is 1. The second-order valence-electron chi connectivity index (χ2n) is 6.97. The topological polar surface area (TPSA) is 92.8 Å². The zero-order valence-corrected chi connectivity index (χ0v) is 16.5. The Labute approximate surface area is 165 Å². The highest BCUT2D eigenvalue weighted by Crippen LogP contribution is 2.23. The number of esters is 1. The average molecular weight is 388 g/mol. The van der Waals surface area contributed by atoms with Crippen molar-refractivity contribution in [3.8, 4) is 0 Å². The Balaban J connectivity index is 1.80. The SMILES string of the molecule is CCCC[C@H](CC)CNC(=O)COC(=O)c1ccc(N2C(=O)CCC2=O)cc1. The molecule has 0 aromatic heterocycles. The van der Waals surface area contributed by atoms with E-state index in [1.165, 1.54) is 24.3 Å². The zero-order chi connectivity index (χ0) is 20.5. The van der Waals surface area contributed by atoms with E-state index in [-0.39, 0.29) is 42.7 Å². The molecule has 28 heavy (non-hydrogen) atoms. The normalized spacial score (nSPS) is 14.9. The highest BCUT2D eigenvalue weighted by atomic mass is 16.5. The fourth-order valence-corrected chi connectivity index (χ4v) is 3.08. The molecule has 0 saturated carbocycles. The minimum absolute atomic E-state index is 0.203. The van der Waals surface area contributed by atoms with E-state index in [9.17, 15) is 19.2 Å². The van der Waals surface area contributed by atoms with Crippen molar-refractivity contribution in [2.75, 3.05) is 18.1 Å². The molecule has 0 radical (unpaired) electrons. The third kappa shape index (κ3) is 5.90. The number of imide groups is 1. The summed E-state index contributed by atoms with van der Waals surface area (Å²) in [7, 11) is 0. The summed E-state index contributed by atoms with van der Waals surface area (Å²) in [6.45, 7) is 4.48. The van der Waals surface area contributed by atoms with E-state index in [2.05, 4.69) is 19.2 Å². The number of anilines is 1. The Kier molecular flexibility index (Phi) is 8.17. The number of hydrogen-bond acceptors (Lipinski definition) is 5. The molecule has 3 amide bonds. The fraction of sp³-hybridized carbons (Fsp3) is 0.524. The molecular formula is C21H28N2O5. The molecule has 1 saturated heterocycles. The fourth-order valence-electron chi connectivity index (χ4n) is 3.08. The summed E-state index contributed by atoms with van der Waals surface area (Å²) in [6, 6.07) is 6.01. The summed E-state index contributed by atoms with van der Waals surface area (Å²) in [5.41, 5.74) is 0.685. The largest absolute Gasteiger partial charge is 0.452 e. The first-order valence-electron chi connectivity index (χ1n) is 9.85. The molecule has 1 aromatic carbocycles. The van der Waals surface area contributed by atoms with E-state index in [0.29, 0.717) is 18.2 Å². The number of benzene rings is 1. The minimum Gasteiger partial charge on any atom is -0.452 e. The molecule has 1 aromatic rings. The van der Waals surface area contributed by atoms with Gasteiger partial charge in [0.15, 0.2) is 6.61 Å². The lowest BCUT2D eigenvalue weighted by atomic mass is 9.99. The van der Waals surface area contributed by atoms with Crippen molar-refractivity contribution in [1.82, 2.24) is 5.32 Å². The summed E-state index contributed by atoms with van der Waals surface area (Å²) in [4.78, 5) is 48.6. The van der Waals surface area contributed by atoms with Crippen molar-refractivity contribution in [2.45, 2.75) is 52.4 Å². The molecule has 1 heterocycles. The van der Waals surface area contributed by atoms with E-state index < -0.39 is 5.97 Å². The van der Waals surface area contributed by atoms with Crippen LogP contribution >= 0.6 is 0 Å². The van der Waals surface area contributed by atoms with Gasteiger partial charge in [-0.05, 0) is 36.6 Å². The van der Waals surface area contributed by atoms with Gasteiger partial charge in [0.1, 0.15) is 0 Å². The molecule has 0 bridgehead atoms. The van der Waals surface area contributed by atoms with Crippen LogP contribution in [0.3, 0.4) is 0 Å². The van der Waals surface area contributed by atoms with Crippen molar-refractivity contribution in [2.24, 2.45) is 5.92 Å². The lowest BCUT2D eigenvalue weighted by Crippen LogP contribution is -2.33. The van der Waals surface area contributed by atoms with Crippen LogP contribution < -0.4 is 10.2 Å². The third-order valence-corrected chi connectivity index (χ3v) is 4.88. The molecule has 1 N–H and O–H groups in total. The van der Waals surface area contributed by atoms with E-state index >= 15 is 0 Å². The second kappa shape index (κ2) is 10.6. The van der Waals surface area contributed by atoms with Crippen LogP contribution in [0.1, 0.15) is 62.7 Å². The van der Waals surface area contributed by atoms with Crippen LogP contribution in [0.2, 0.25) is 0 Å². The molecule has 1 atom stereocenters. The number of carbonyl (C=O) groups is 4. The van der Waals surface area contributed by atoms with Gasteiger partial charge in [0.05, 0.1) is 11.3 Å². The van der Waals surface area contributed by atoms with Crippen molar-refractivity contribution < 1.29 is 23.9 Å². The molecule has 0 unspecified atom stereocenters. The van der Waals surface area contributed by atoms with Gasteiger partial charge >= 0.3 is 5.97 Å². The average Bonchev–Trinajstić information content (AvgIpc) is 3.04. The van der Waals surface area contributed by atoms with Crippen LogP contribution in [-0.4, -0.2) is 36.8 Å². The van der Waals surface area contributed by atoms with Crippen LogP contribution in [0, 0.1) is 5.92 Å². The first kappa shape index (κ1) is 21.6. The number of nitrogens with zero attached hydrogens (tertiary/aromatic N) is 1. The molecule has 7 nitrogen and oxygen atoms in total. The summed E-state index contributed by atoms with van der Waals surface area (Å²) in [6.07, 6.45) is 4.73. The molecular weight excluding hydrogens is 360 g/mol. The van der Waals surface area contributed by atoms with Crippen LogP contribution in [0.5, 0.6) is 0 Å². The molecule has 1 aliphatic heterocycles. The van der Waals surface area contributed by atoms with E-state index in [4.69, 9.17) is 4.74 Å². The van der Waals surface area contributed by atoms with Crippen LogP contribution in [-0.2, 0) is 19.1 Å². The van der Waals surface area contributed by atoms with Crippen LogP contribution in [0.4, 0.5) is 5.69 Å². The predicted octanol–water partition coefficient (Wildman–Crippen LogP) is 2.83. The van der Waals surface area contributed by atoms with Crippen LogP contribution in [0.15, 0.2) is 24.3 Å². The maximum atomic E-state index is 12.1. The zero-order valence-electron chi connectivity index (χ0n) is 16.5. The predicted molar refractivity (Wildman–Crippen MR) is 105 cm³/mol. The van der Waals surface area contributed by atoms with Gasteiger partial charge in [-0.3, -0.25) is 19.3 Å². The van der Waals surface area contributed by atoms with Gasteiger partial charge in [-0.2, -0.15) is 0 Å². The first-order chi connectivity index (χ1) is 13.5. The number of amides is 3. The van der Waals surface area contributed by atoms with Gasteiger partial charge in [-0.25, -0.2) is 4.79 Å². The Morgan fingerprint density at radius 3 is 2.32 bits per heavy atom. The molecule has 2 rings (SSSR count). The maximum absolute atomic E-state index is 12.1. The lowest BCUT2D eigenvalue weighted by molar-refractivity contribution is -0.124. The monoisotopic (exact) mass is 388 g/mol. The van der Waals surface area contributed by atoms with Gasteiger partial charge in [0.2, 0.25) is 11.8 Å². The standard InChI is InChI=1S/C21H28N2O5/c1-3-5-6-15(4-2)13-22-18(24)14-28-21(27)16-7-9-17(10-8-16)23-19(25)11-12-20(23)26/h7-10,15H,3-6,11-14H2,1-2H3,(H,22,24)/t15-/m0/s1. The molecule has 1 aliphatic rings. The highest BCUT2D eigenvalue weighted by Gasteiger charge is 2.30.